The molecule has 1 aromatic carbocycles. The van der Waals surface area contributed by atoms with Crippen LogP contribution in [0.15, 0.2) is 42.6 Å². The molecule has 0 unspecified atom stereocenters. The van der Waals surface area contributed by atoms with Gasteiger partial charge in [-0.1, -0.05) is 32.0 Å². The van der Waals surface area contributed by atoms with Crippen LogP contribution < -0.4 is 19.5 Å². The van der Waals surface area contributed by atoms with E-state index in [2.05, 4.69) is 10.3 Å². The van der Waals surface area contributed by atoms with E-state index < -0.39 is 42.9 Å². The van der Waals surface area contributed by atoms with Gasteiger partial charge in [0, 0.05) is 19.2 Å². The number of rotatable bonds is 14. The third-order valence-electron chi connectivity index (χ3n) is 5.76. The van der Waals surface area contributed by atoms with Crippen molar-refractivity contribution in [3.05, 3.63) is 48.3 Å². The van der Waals surface area contributed by atoms with Crippen LogP contribution in [0.3, 0.4) is 0 Å². The van der Waals surface area contributed by atoms with Crippen LogP contribution in [0.5, 0.6) is 17.2 Å². The second-order valence-corrected chi connectivity index (χ2v) is 8.40. The smallest absolute Gasteiger partial charge is 0.328 e. The Morgan fingerprint density at radius 1 is 1.03 bits per heavy atom. The molecule has 10 heteroatoms. The van der Waals surface area contributed by atoms with Crippen LogP contribution in [0.25, 0.3) is 0 Å². The summed E-state index contributed by atoms with van der Waals surface area (Å²) in [4.78, 5) is 41.2. The summed E-state index contributed by atoms with van der Waals surface area (Å²) >= 11 is 0. The van der Waals surface area contributed by atoms with Gasteiger partial charge in [-0.05, 0) is 44.7 Å². The van der Waals surface area contributed by atoms with Gasteiger partial charge >= 0.3 is 11.9 Å². The molecule has 1 heterocycles. The van der Waals surface area contributed by atoms with E-state index >= 15 is 0 Å². The van der Waals surface area contributed by atoms with E-state index in [9.17, 15) is 14.4 Å². The average Bonchev–Trinajstić information content (AvgIpc) is 2.88. The highest BCUT2D eigenvalue weighted by molar-refractivity contribution is 5.98. The maximum Gasteiger partial charge on any atom is 0.328 e. The van der Waals surface area contributed by atoms with Crippen molar-refractivity contribution in [3.8, 4) is 17.2 Å². The first kappa shape index (κ1) is 29.4. The summed E-state index contributed by atoms with van der Waals surface area (Å²) in [5.74, 6) is -0.927. The maximum atomic E-state index is 13.0. The fraction of sp³-hybridized carbons (Fsp3) is 0.481. The van der Waals surface area contributed by atoms with Crippen molar-refractivity contribution in [2.75, 3.05) is 13.9 Å². The van der Waals surface area contributed by atoms with Crippen molar-refractivity contribution >= 4 is 17.8 Å². The van der Waals surface area contributed by atoms with Crippen molar-refractivity contribution in [3.63, 3.8) is 0 Å². The fourth-order valence-electron chi connectivity index (χ4n) is 3.73. The van der Waals surface area contributed by atoms with Gasteiger partial charge in [-0.3, -0.25) is 9.59 Å². The number of ether oxygens (including phenoxy) is 5. The molecular weight excluding hydrogens is 480 g/mol. The summed E-state index contributed by atoms with van der Waals surface area (Å²) < 4.78 is 27.4. The number of carbonyl (C=O) groups excluding carboxylic acids is 3. The summed E-state index contributed by atoms with van der Waals surface area (Å²) in [6.45, 7) is 8.23. The van der Waals surface area contributed by atoms with Gasteiger partial charge in [-0.25, -0.2) is 9.78 Å². The number of methoxy groups -OCH3 is 1. The lowest BCUT2D eigenvalue weighted by molar-refractivity contribution is -0.159. The molecule has 1 amide bonds. The number of esters is 2. The topological polar surface area (TPSA) is 122 Å². The summed E-state index contributed by atoms with van der Waals surface area (Å²) in [6, 6.07) is 9.81. The number of nitrogens with one attached hydrogen (secondary N) is 1. The molecule has 1 aromatic heterocycles. The van der Waals surface area contributed by atoms with Crippen molar-refractivity contribution in [2.24, 2.45) is 5.92 Å². The molecule has 0 bridgehead atoms. The molecule has 0 aliphatic carbocycles. The number of nitrogens with zero attached hydrogens (tertiary/aromatic N) is 1. The predicted molar refractivity (Wildman–Crippen MR) is 135 cm³/mol. The highest BCUT2D eigenvalue weighted by Gasteiger charge is 2.32. The molecule has 1 N–H and O–H groups in total. The Bertz CT molecular complexity index is 1030. The van der Waals surface area contributed by atoms with Crippen LogP contribution in [0.4, 0.5) is 0 Å². The number of carbonyl (C=O) groups is 3. The van der Waals surface area contributed by atoms with Crippen LogP contribution >= 0.6 is 0 Å². The van der Waals surface area contributed by atoms with Crippen LogP contribution in [-0.4, -0.2) is 55.0 Å². The van der Waals surface area contributed by atoms with Crippen molar-refractivity contribution < 1.29 is 38.1 Å². The summed E-state index contributed by atoms with van der Waals surface area (Å²) in [6.07, 6.45) is 1.99. The van der Waals surface area contributed by atoms with Crippen molar-refractivity contribution in [1.29, 1.82) is 0 Å². The predicted octanol–water partition coefficient (Wildman–Crippen LogP) is 3.92. The highest BCUT2D eigenvalue weighted by Crippen LogP contribution is 2.30. The summed E-state index contributed by atoms with van der Waals surface area (Å²) in [5, 5.41) is 2.60. The largest absolute Gasteiger partial charge is 0.493 e. The first-order valence-electron chi connectivity index (χ1n) is 12.2. The third kappa shape index (κ3) is 8.66. The van der Waals surface area contributed by atoms with Gasteiger partial charge < -0.3 is 29.0 Å². The third-order valence-corrected chi connectivity index (χ3v) is 5.76. The molecule has 10 nitrogen and oxygen atoms in total. The number of aromatic nitrogens is 1. The molecule has 37 heavy (non-hydrogen) atoms. The van der Waals surface area contributed by atoms with Gasteiger partial charge in [0.1, 0.15) is 24.0 Å². The minimum absolute atomic E-state index is 0.0240. The second-order valence-electron chi connectivity index (χ2n) is 8.40. The van der Waals surface area contributed by atoms with Gasteiger partial charge in [0.15, 0.2) is 17.2 Å². The van der Waals surface area contributed by atoms with E-state index in [1.165, 1.54) is 33.2 Å². The van der Waals surface area contributed by atoms with E-state index in [0.717, 1.165) is 12.8 Å². The lowest BCUT2D eigenvalue weighted by Gasteiger charge is -2.31. The van der Waals surface area contributed by atoms with Gasteiger partial charge in [0.2, 0.25) is 6.79 Å². The van der Waals surface area contributed by atoms with Gasteiger partial charge in [-0.2, -0.15) is 0 Å². The van der Waals surface area contributed by atoms with Crippen molar-refractivity contribution in [2.45, 2.75) is 65.7 Å². The lowest BCUT2D eigenvalue weighted by Crippen LogP contribution is -2.45. The molecule has 3 atom stereocenters. The zero-order valence-corrected chi connectivity index (χ0v) is 22.2. The minimum atomic E-state index is -0.998. The normalized spacial score (nSPS) is 13.2. The van der Waals surface area contributed by atoms with Crippen LogP contribution in [0.1, 0.15) is 57.9 Å². The minimum Gasteiger partial charge on any atom is -0.493 e. The number of hydrogen-bond donors (Lipinski definition) is 1. The zero-order valence-electron chi connectivity index (χ0n) is 22.2. The number of hydrogen-bond acceptors (Lipinski definition) is 9. The van der Waals surface area contributed by atoms with Crippen molar-refractivity contribution in [1.82, 2.24) is 10.3 Å². The molecular formula is C27H36N2O8. The van der Waals surface area contributed by atoms with Gasteiger partial charge in [0.25, 0.3) is 5.91 Å². The average molecular weight is 517 g/mol. The van der Waals surface area contributed by atoms with E-state index in [-0.39, 0.29) is 23.1 Å². The van der Waals surface area contributed by atoms with E-state index in [1.54, 1.807) is 0 Å². The molecule has 0 fully saturated rings. The Morgan fingerprint density at radius 2 is 1.70 bits per heavy atom. The van der Waals surface area contributed by atoms with E-state index in [0.29, 0.717) is 5.75 Å². The molecule has 0 saturated heterocycles. The summed E-state index contributed by atoms with van der Waals surface area (Å²) in [5.41, 5.74) is -0.136. The molecule has 0 saturated carbocycles. The Balaban J connectivity index is 2.14. The maximum absolute atomic E-state index is 13.0. The highest BCUT2D eigenvalue weighted by atomic mass is 16.7. The molecule has 0 spiro atoms. The second kappa shape index (κ2) is 14.7. The number of para-hydroxylation sites is 1. The Kier molecular flexibility index (Phi) is 11.7. The first-order valence-corrected chi connectivity index (χ1v) is 12.2. The Hall–Kier alpha value is -3.82. The molecule has 0 aliphatic heterocycles. The van der Waals surface area contributed by atoms with Crippen LogP contribution in [0.2, 0.25) is 0 Å². The van der Waals surface area contributed by atoms with Crippen LogP contribution in [0, 0.1) is 5.92 Å². The zero-order chi connectivity index (χ0) is 27.4. The summed E-state index contributed by atoms with van der Waals surface area (Å²) in [7, 11) is 1.40. The quantitative estimate of drug-likeness (QED) is 0.294. The monoisotopic (exact) mass is 516 g/mol. The standard InChI is InChI=1S/C27H36N2O8/c1-7-20(8-2)24(18(4)36-21-12-10-9-11-13-21)37-27(32)17(3)29-26(31)23-25(35-16-34-19(5)30)22(33-6)14-15-28-23/h9-15,17-18,20,24H,7-8,16H2,1-6H3,(H,29,31)/t17-,18-,24+/m0/s1. The van der Waals surface area contributed by atoms with E-state index in [4.69, 9.17) is 23.7 Å². The Morgan fingerprint density at radius 3 is 2.30 bits per heavy atom. The molecule has 0 aliphatic rings. The molecule has 0 radical (unpaired) electrons. The first-order chi connectivity index (χ1) is 17.7. The van der Waals surface area contributed by atoms with Crippen LogP contribution in [-0.2, 0) is 19.1 Å². The number of benzene rings is 1. The molecule has 2 aromatic rings. The Labute approximate surface area is 217 Å². The lowest BCUT2D eigenvalue weighted by atomic mass is 9.93. The van der Waals surface area contributed by atoms with E-state index in [1.807, 2.05) is 51.1 Å². The number of pyridine rings is 1. The SMILES string of the molecule is CCC(CC)[C@H](OC(=O)[C@H](C)NC(=O)c1nccc(OC)c1OCOC(C)=O)[C@H](C)Oc1ccccc1. The van der Waals surface area contributed by atoms with Gasteiger partial charge in [0.05, 0.1) is 7.11 Å². The van der Waals surface area contributed by atoms with Gasteiger partial charge in [-0.15, -0.1) is 0 Å². The molecule has 202 valence electrons. The number of amides is 1. The fourth-order valence-corrected chi connectivity index (χ4v) is 3.73. The molecule has 2 rings (SSSR count).